The molecule has 20 heavy (non-hydrogen) atoms. The fourth-order valence-electron chi connectivity index (χ4n) is 1.82. The Hall–Kier alpha value is -1.88. The van der Waals surface area contributed by atoms with Gasteiger partial charge >= 0.3 is 0 Å². The average molecular weight is 338 g/mol. The van der Waals surface area contributed by atoms with E-state index in [0.717, 1.165) is 15.7 Å². The van der Waals surface area contributed by atoms with Gasteiger partial charge in [-0.2, -0.15) is 0 Å². The lowest BCUT2D eigenvalue weighted by Crippen LogP contribution is -2.00. The number of rotatable bonds is 5. The number of methoxy groups -OCH3 is 2. The molecule has 5 heteroatoms. The molecule has 106 valence electrons. The molecule has 0 saturated heterocycles. The summed E-state index contributed by atoms with van der Waals surface area (Å²) >= 11 is 3.40. The zero-order valence-electron chi connectivity index (χ0n) is 11.3. The molecule has 0 spiro atoms. The second kappa shape index (κ2) is 6.52. The van der Waals surface area contributed by atoms with Gasteiger partial charge in [0, 0.05) is 16.7 Å². The van der Waals surface area contributed by atoms with Crippen LogP contribution in [0.15, 0.2) is 40.9 Å². The molecule has 0 bridgehead atoms. The fourth-order valence-corrected chi connectivity index (χ4v) is 2.09. The first kappa shape index (κ1) is 14.5. The van der Waals surface area contributed by atoms with E-state index in [2.05, 4.69) is 21.2 Å². The maximum atomic E-state index is 9.85. The van der Waals surface area contributed by atoms with E-state index in [1.54, 1.807) is 12.1 Å². The minimum absolute atomic E-state index is 0.0161. The van der Waals surface area contributed by atoms with E-state index < -0.39 is 0 Å². The highest BCUT2D eigenvalue weighted by atomic mass is 79.9. The Labute approximate surface area is 126 Å². The summed E-state index contributed by atoms with van der Waals surface area (Å²) in [6.45, 7) is 0.606. The second-order valence-corrected chi connectivity index (χ2v) is 5.13. The number of anilines is 1. The molecule has 0 aliphatic rings. The lowest BCUT2D eigenvalue weighted by molar-refractivity contribution is 0.339. The molecular formula is C15H16BrNO3. The van der Waals surface area contributed by atoms with E-state index in [-0.39, 0.29) is 5.75 Å². The van der Waals surface area contributed by atoms with Gasteiger partial charge in [-0.3, -0.25) is 0 Å². The number of aromatic hydroxyl groups is 1. The number of hydrogen-bond acceptors (Lipinski definition) is 4. The minimum atomic E-state index is 0.0161. The molecule has 0 fully saturated rings. The number of phenols is 1. The Morgan fingerprint density at radius 2 is 1.60 bits per heavy atom. The van der Waals surface area contributed by atoms with Crippen LogP contribution in [0.1, 0.15) is 5.56 Å². The van der Waals surface area contributed by atoms with E-state index in [1.807, 2.05) is 24.3 Å². The van der Waals surface area contributed by atoms with Crippen molar-refractivity contribution in [2.24, 2.45) is 0 Å². The van der Waals surface area contributed by atoms with Crippen LogP contribution in [0.3, 0.4) is 0 Å². The zero-order chi connectivity index (χ0) is 14.5. The van der Waals surface area contributed by atoms with E-state index >= 15 is 0 Å². The van der Waals surface area contributed by atoms with Crippen LogP contribution >= 0.6 is 15.9 Å². The largest absolute Gasteiger partial charge is 0.502 e. The molecule has 0 aliphatic heterocycles. The maximum Gasteiger partial charge on any atom is 0.200 e. The van der Waals surface area contributed by atoms with Crippen molar-refractivity contribution in [2.45, 2.75) is 6.54 Å². The van der Waals surface area contributed by atoms with Crippen LogP contribution in [0.25, 0.3) is 0 Å². The minimum Gasteiger partial charge on any atom is -0.502 e. The summed E-state index contributed by atoms with van der Waals surface area (Å²) in [6, 6.07) is 11.5. The number of ether oxygens (including phenoxy) is 2. The molecule has 0 heterocycles. The van der Waals surface area contributed by atoms with Gasteiger partial charge in [-0.25, -0.2) is 0 Å². The third kappa shape index (κ3) is 3.36. The summed E-state index contributed by atoms with van der Waals surface area (Å²) in [5.74, 6) is 0.816. The van der Waals surface area contributed by atoms with Crippen molar-refractivity contribution in [2.75, 3.05) is 19.5 Å². The van der Waals surface area contributed by atoms with E-state index in [4.69, 9.17) is 9.47 Å². The van der Waals surface area contributed by atoms with E-state index in [1.165, 1.54) is 14.2 Å². The van der Waals surface area contributed by atoms with Crippen molar-refractivity contribution in [3.8, 4) is 17.2 Å². The summed E-state index contributed by atoms with van der Waals surface area (Å²) in [5.41, 5.74) is 1.97. The van der Waals surface area contributed by atoms with E-state index in [0.29, 0.717) is 18.0 Å². The van der Waals surface area contributed by atoms with Crippen LogP contribution in [0.4, 0.5) is 5.69 Å². The smallest absolute Gasteiger partial charge is 0.200 e. The number of nitrogens with one attached hydrogen (secondary N) is 1. The zero-order valence-corrected chi connectivity index (χ0v) is 12.9. The summed E-state index contributed by atoms with van der Waals surface area (Å²) in [6.07, 6.45) is 0. The van der Waals surface area contributed by atoms with Crippen molar-refractivity contribution < 1.29 is 14.6 Å². The molecule has 4 nitrogen and oxygen atoms in total. The fraction of sp³-hybridized carbons (Fsp3) is 0.200. The van der Waals surface area contributed by atoms with Gasteiger partial charge in [0.05, 0.1) is 14.2 Å². The van der Waals surface area contributed by atoms with Crippen LogP contribution in [0.5, 0.6) is 17.2 Å². The van der Waals surface area contributed by atoms with Crippen molar-refractivity contribution in [3.63, 3.8) is 0 Å². The highest BCUT2D eigenvalue weighted by molar-refractivity contribution is 9.10. The van der Waals surface area contributed by atoms with Crippen LogP contribution in [0, 0.1) is 0 Å². The Morgan fingerprint density at radius 3 is 2.10 bits per heavy atom. The molecule has 2 aromatic carbocycles. The number of halogens is 1. The standard InChI is InChI=1S/C15H16BrNO3/c1-19-13-7-10(8-14(20-2)15(13)18)9-17-12-5-3-11(16)4-6-12/h3-8,17-18H,9H2,1-2H3. The van der Waals surface area contributed by atoms with Gasteiger partial charge in [0.1, 0.15) is 0 Å². The van der Waals surface area contributed by atoms with Gasteiger partial charge in [0.15, 0.2) is 11.5 Å². The summed E-state index contributed by atoms with van der Waals surface area (Å²) < 4.78 is 11.3. The van der Waals surface area contributed by atoms with Crippen molar-refractivity contribution in [1.82, 2.24) is 0 Å². The third-order valence-corrected chi connectivity index (χ3v) is 3.41. The molecule has 0 saturated carbocycles. The first-order valence-corrected chi connectivity index (χ1v) is 6.86. The van der Waals surface area contributed by atoms with Crippen molar-refractivity contribution in [1.29, 1.82) is 0 Å². The molecule has 2 aromatic rings. The monoisotopic (exact) mass is 337 g/mol. The molecule has 0 aliphatic carbocycles. The van der Waals surface area contributed by atoms with Crippen LogP contribution in [-0.4, -0.2) is 19.3 Å². The van der Waals surface area contributed by atoms with Gasteiger partial charge in [-0.1, -0.05) is 15.9 Å². The maximum absolute atomic E-state index is 9.85. The van der Waals surface area contributed by atoms with Crippen LogP contribution in [-0.2, 0) is 6.54 Å². The highest BCUT2D eigenvalue weighted by Gasteiger charge is 2.10. The normalized spacial score (nSPS) is 10.2. The Morgan fingerprint density at radius 1 is 1.05 bits per heavy atom. The summed E-state index contributed by atoms with van der Waals surface area (Å²) in [7, 11) is 3.03. The van der Waals surface area contributed by atoms with Gasteiger partial charge in [-0.05, 0) is 42.0 Å². The third-order valence-electron chi connectivity index (χ3n) is 2.88. The van der Waals surface area contributed by atoms with Gasteiger partial charge in [0.25, 0.3) is 0 Å². The molecule has 0 radical (unpaired) electrons. The lowest BCUT2D eigenvalue weighted by Gasteiger charge is -2.12. The number of phenolic OH excluding ortho intramolecular Hbond substituents is 1. The van der Waals surface area contributed by atoms with Gasteiger partial charge in [-0.15, -0.1) is 0 Å². The quantitative estimate of drug-likeness (QED) is 0.871. The van der Waals surface area contributed by atoms with Crippen LogP contribution in [0.2, 0.25) is 0 Å². The topological polar surface area (TPSA) is 50.7 Å². The lowest BCUT2D eigenvalue weighted by atomic mass is 10.1. The van der Waals surface area contributed by atoms with Crippen LogP contribution < -0.4 is 14.8 Å². The van der Waals surface area contributed by atoms with Gasteiger partial charge in [0.2, 0.25) is 5.75 Å². The molecule has 2 rings (SSSR count). The van der Waals surface area contributed by atoms with Crippen molar-refractivity contribution >= 4 is 21.6 Å². The molecule has 0 atom stereocenters. The SMILES string of the molecule is COc1cc(CNc2ccc(Br)cc2)cc(OC)c1O. The molecule has 0 aromatic heterocycles. The molecule has 0 unspecified atom stereocenters. The average Bonchev–Trinajstić information content (AvgIpc) is 2.47. The molecule has 0 amide bonds. The highest BCUT2D eigenvalue weighted by Crippen LogP contribution is 2.37. The predicted molar refractivity (Wildman–Crippen MR) is 82.7 cm³/mol. The number of hydrogen-bond donors (Lipinski definition) is 2. The molecular weight excluding hydrogens is 322 g/mol. The second-order valence-electron chi connectivity index (χ2n) is 4.21. The Bertz CT molecular complexity index is 559. The number of benzene rings is 2. The first-order chi connectivity index (χ1) is 9.63. The summed E-state index contributed by atoms with van der Waals surface area (Å²) in [5, 5.41) is 13.2. The Balaban J connectivity index is 2.14. The summed E-state index contributed by atoms with van der Waals surface area (Å²) in [4.78, 5) is 0. The predicted octanol–water partition coefficient (Wildman–Crippen LogP) is 3.78. The van der Waals surface area contributed by atoms with Crippen molar-refractivity contribution in [3.05, 3.63) is 46.4 Å². The molecule has 2 N–H and O–H groups in total. The first-order valence-electron chi connectivity index (χ1n) is 6.07. The Kier molecular flexibility index (Phi) is 4.74. The van der Waals surface area contributed by atoms with E-state index in [9.17, 15) is 5.11 Å². The van der Waals surface area contributed by atoms with Gasteiger partial charge < -0.3 is 19.9 Å².